The van der Waals surface area contributed by atoms with Gasteiger partial charge in [0.15, 0.2) is 0 Å². The van der Waals surface area contributed by atoms with Gasteiger partial charge in [-0.15, -0.1) is 0 Å². The predicted molar refractivity (Wildman–Crippen MR) is 158 cm³/mol. The molecule has 0 bridgehead atoms. The Kier molecular flexibility index (Phi) is 10.2. The zero-order valence-electron chi connectivity index (χ0n) is 25.1. The number of aliphatic hydroxyl groups excluding tert-OH is 1. The smallest absolute Gasteiger partial charge is 0.223 e. The fourth-order valence-electron chi connectivity index (χ4n) is 8.95. The molecule has 0 saturated heterocycles. The predicted octanol–water partition coefficient (Wildman–Crippen LogP) is 7.88. The molecule has 0 aromatic heterocycles. The number of amides is 1. The Hall–Kier alpha value is -1.23. The highest BCUT2D eigenvalue weighted by molar-refractivity contribution is 5.79. The van der Waals surface area contributed by atoms with Gasteiger partial charge in [-0.05, 0) is 112 Å². The number of carbonyl (C=O) groups excluding carboxylic acids is 1. The number of hydrogen-bond acceptors (Lipinski definition) is 4. The van der Waals surface area contributed by atoms with Crippen molar-refractivity contribution >= 4 is 5.91 Å². The third-order valence-electron chi connectivity index (χ3n) is 11.6. The van der Waals surface area contributed by atoms with E-state index in [0.29, 0.717) is 35.6 Å². The molecule has 1 amide bonds. The highest BCUT2D eigenvalue weighted by Gasteiger charge is 2.46. The van der Waals surface area contributed by atoms with Crippen LogP contribution < -0.4 is 5.32 Å². The summed E-state index contributed by atoms with van der Waals surface area (Å²) in [5.41, 5.74) is 0. The van der Waals surface area contributed by atoms with Crippen molar-refractivity contribution in [3.8, 4) is 0 Å². The van der Waals surface area contributed by atoms with E-state index in [4.69, 9.17) is 10.2 Å². The van der Waals surface area contributed by atoms with Crippen LogP contribution in [0.25, 0.3) is 0 Å². The Bertz CT molecular complexity index is 841. The van der Waals surface area contributed by atoms with Crippen molar-refractivity contribution in [3.05, 3.63) is 12.2 Å². The molecule has 0 radical (unpaired) electrons. The maximum Gasteiger partial charge on any atom is 0.223 e. The van der Waals surface area contributed by atoms with Gasteiger partial charge in [0.2, 0.25) is 5.91 Å². The Balaban J connectivity index is 1.15. The maximum absolute atomic E-state index is 13.3. The SMILES string of the molecule is CC1CCC(C=CC2CCC(N=NC3C(O)C(NC(=O)C4CCC(C)CC4C)CC4CCCCC43)CC2)CC1. The quantitative estimate of drug-likeness (QED) is 0.266. The van der Waals surface area contributed by atoms with Crippen LogP contribution in [0.4, 0.5) is 0 Å². The van der Waals surface area contributed by atoms with Crippen LogP contribution in [-0.2, 0) is 4.79 Å². The zero-order valence-corrected chi connectivity index (χ0v) is 25.1. The molecule has 5 aliphatic carbocycles. The minimum atomic E-state index is -0.618. The number of rotatable bonds is 6. The summed E-state index contributed by atoms with van der Waals surface area (Å²) in [6, 6.07) is -0.0556. The van der Waals surface area contributed by atoms with Crippen LogP contribution in [-0.4, -0.2) is 35.2 Å². The van der Waals surface area contributed by atoms with Crippen molar-refractivity contribution in [2.45, 2.75) is 148 Å². The van der Waals surface area contributed by atoms with E-state index in [1.165, 1.54) is 57.8 Å². The highest BCUT2D eigenvalue weighted by Crippen LogP contribution is 2.43. The van der Waals surface area contributed by atoms with Crippen molar-refractivity contribution in [1.82, 2.24) is 5.32 Å². The highest BCUT2D eigenvalue weighted by atomic mass is 16.3. The first-order valence-electron chi connectivity index (χ1n) is 16.9. The number of hydrogen-bond donors (Lipinski definition) is 2. The summed E-state index contributed by atoms with van der Waals surface area (Å²) < 4.78 is 0. The van der Waals surface area contributed by atoms with Gasteiger partial charge in [0.25, 0.3) is 0 Å². The van der Waals surface area contributed by atoms with E-state index in [-0.39, 0.29) is 23.9 Å². The molecule has 5 aliphatic rings. The van der Waals surface area contributed by atoms with Crippen LogP contribution in [0.15, 0.2) is 22.4 Å². The number of fused-ring (bicyclic) bond motifs is 1. The first-order chi connectivity index (χ1) is 18.9. The van der Waals surface area contributed by atoms with Gasteiger partial charge < -0.3 is 10.4 Å². The van der Waals surface area contributed by atoms with Crippen LogP contribution in [0.5, 0.6) is 0 Å². The molecule has 8 unspecified atom stereocenters. The molecule has 0 spiro atoms. The van der Waals surface area contributed by atoms with E-state index in [2.05, 4.69) is 38.2 Å². The molecular weight excluding hydrogens is 482 g/mol. The second kappa shape index (κ2) is 13.6. The monoisotopic (exact) mass is 539 g/mol. The fourth-order valence-corrected chi connectivity index (χ4v) is 8.95. The zero-order chi connectivity index (χ0) is 27.4. The lowest BCUT2D eigenvalue weighted by molar-refractivity contribution is -0.131. The first kappa shape index (κ1) is 29.3. The van der Waals surface area contributed by atoms with Crippen molar-refractivity contribution in [1.29, 1.82) is 0 Å². The van der Waals surface area contributed by atoms with E-state index >= 15 is 0 Å². The van der Waals surface area contributed by atoms with Gasteiger partial charge in [-0.25, -0.2) is 0 Å². The van der Waals surface area contributed by atoms with Crippen LogP contribution in [0.1, 0.15) is 124 Å². The molecular formula is C34H57N3O2. The first-order valence-corrected chi connectivity index (χ1v) is 16.9. The molecule has 5 nitrogen and oxygen atoms in total. The minimum Gasteiger partial charge on any atom is -0.389 e. The summed E-state index contributed by atoms with van der Waals surface area (Å²) >= 11 is 0. The maximum atomic E-state index is 13.3. The third-order valence-corrected chi connectivity index (χ3v) is 11.6. The van der Waals surface area contributed by atoms with E-state index in [0.717, 1.165) is 56.8 Å². The molecule has 2 N–H and O–H groups in total. The molecule has 5 saturated carbocycles. The van der Waals surface area contributed by atoms with Gasteiger partial charge in [-0.2, -0.15) is 10.2 Å². The van der Waals surface area contributed by atoms with E-state index in [1.54, 1.807) is 0 Å². The van der Waals surface area contributed by atoms with Gasteiger partial charge in [0.1, 0.15) is 6.04 Å². The van der Waals surface area contributed by atoms with Crippen molar-refractivity contribution in [2.75, 3.05) is 0 Å². The number of allylic oxidation sites excluding steroid dienone is 2. The summed E-state index contributed by atoms with van der Waals surface area (Å²) in [5, 5.41) is 24.7. The Morgan fingerprint density at radius 3 is 2.08 bits per heavy atom. The van der Waals surface area contributed by atoms with Crippen molar-refractivity contribution < 1.29 is 9.90 Å². The van der Waals surface area contributed by atoms with Gasteiger partial charge in [-0.1, -0.05) is 65.0 Å². The molecule has 5 heteroatoms. The molecule has 39 heavy (non-hydrogen) atoms. The van der Waals surface area contributed by atoms with Crippen molar-refractivity contribution in [3.63, 3.8) is 0 Å². The Morgan fingerprint density at radius 1 is 0.744 bits per heavy atom. The lowest BCUT2D eigenvalue weighted by Gasteiger charge is -2.46. The summed E-state index contributed by atoms with van der Waals surface area (Å²) in [6.07, 6.45) is 23.5. The van der Waals surface area contributed by atoms with Gasteiger partial charge >= 0.3 is 0 Å². The second-order valence-corrected chi connectivity index (χ2v) is 14.7. The van der Waals surface area contributed by atoms with E-state index < -0.39 is 6.10 Å². The molecule has 0 aromatic carbocycles. The van der Waals surface area contributed by atoms with E-state index in [1.807, 2.05) is 0 Å². The van der Waals surface area contributed by atoms with E-state index in [9.17, 15) is 9.90 Å². The number of nitrogens with zero attached hydrogens (tertiary/aromatic N) is 2. The molecule has 0 aromatic rings. The summed E-state index contributed by atoms with van der Waals surface area (Å²) in [6.45, 7) is 6.92. The number of aliphatic hydroxyl groups is 1. The molecule has 0 heterocycles. The molecule has 5 rings (SSSR count). The second-order valence-electron chi connectivity index (χ2n) is 14.7. The summed E-state index contributed by atoms with van der Waals surface area (Å²) in [7, 11) is 0. The fraction of sp³-hybridized carbons (Fsp3) is 0.912. The van der Waals surface area contributed by atoms with Crippen LogP contribution in [0.2, 0.25) is 0 Å². The molecule has 8 atom stereocenters. The average Bonchev–Trinajstić information content (AvgIpc) is 2.93. The lowest BCUT2D eigenvalue weighted by atomic mass is 9.65. The van der Waals surface area contributed by atoms with Crippen LogP contribution in [0.3, 0.4) is 0 Å². The number of azo groups is 1. The largest absolute Gasteiger partial charge is 0.389 e. The van der Waals surface area contributed by atoms with Gasteiger partial charge in [0, 0.05) is 5.92 Å². The lowest BCUT2D eigenvalue weighted by Crippen LogP contribution is -2.58. The van der Waals surface area contributed by atoms with Crippen molar-refractivity contribution in [2.24, 2.45) is 57.6 Å². The number of carbonyl (C=O) groups is 1. The van der Waals surface area contributed by atoms with Crippen LogP contribution >= 0.6 is 0 Å². The number of nitrogens with one attached hydrogen (secondary N) is 1. The molecule has 0 aliphatic heterocycles. The standard InChI is InChI=1S/C34H57N3O2/c1-22-8-11-25(12-9-22)13-14-26-15-17-28(18-16-26)36-37-32-30-7-5-4-6-27(30)21-31(33(32)38)35-34(39)29-19-10-23(2)20-24(29)3/h13-14,22-33,38H,4-12,15-21H2,1-3H3,(H,35,39). The van der Waals surface area contributed by atoms with Crippen LogP contribution in [0, 0.1) is 47.3 Å². The molecule has 220 valence electrons. The normalized spacial score (nSPS) is 45.7. The minimum absolute atomic E-state index is 0.0865. The van der Waals surface area contributed by atoms with Gasteiger partial charge in [0.05, 0.1) is 18.2 Å². The Labute approximate surface area is 238 Å². The molecule has 5 fully saturated rings. The Morgan fingerprint density at radius 2 is 1.38 bits per heavy atom. The average molecular weight is 540 g/mol. The third kappa shape index (κ3) is 7.54. The summed E-state index contributed by atoms with van der Waals surface area (Å²) in [5.74, 6) is 4.75. The topological polar surface area (TPSA) is 74.1 Å². The van der Waals surface area contributed by atoms with Gasteiger partial charge in [-0.3, -0.25) is 4.79 Å². The summed E-state index contributed by atoms with van der Waals surface area (Å²) in [4.78, 5) is 13.3.